The molecule has 0 aromatic rings. The first-order chi connectivity index (χ1) is 45.6. The van der Waals surface area contributed by atoms with Crippen LogP contribution in [0.2, 0.25) is 0 Å². The fourth-order valence-electron chi connectivity index (χ4n) is 11.5. The lowest BCUT2D eigenvalue weighted by molar-refractivity contribution is -0.162. The van der Waals surface area contributed by atoms with Gasteiger partial charge >= 0.3 is 5.97 Å². The van der Waals surface area contributed by atoms with Gasteiger partial charge in [-0.15, -0.1) is 0 Å². The van der Waals surface area contributed by atoms with E-state index >= 15 is 0 Å². The number of ether oxygens (including phenoxy) is 2. The van der Waals surface area contributed by atoms with Gasteiger partial charge in [0.05, 0.1) is 0 Å². The third-order valence-electron chi connectivity index (χ3n) is 17.5. The summed E-state index contributed by atoms with van der Waals surface area (Å²) in [6.45, 7) is 30.3. The molecule has 1 rings (SSSR count). The molecule has 13 atom stereocenters. The molecule has 1 saturated heterocycles. The van der Waals surface area contributed by atoms with Crippen molar-refractivity contribution in [3.05, 3.63) is 0 Å². The van der Waals surface area contributed by atoms with Crippen LogP contribution in [0.4, 0.5) is 0 Å². The Morgan fingerprint density at radius 1 is 0.571 bits per heavy atom. The van der Waals surface area contributed by atoms with E-state index in [2.05, 4.69) is 47.9 Å². The number of rotatable bonds is 21. The van der Waals surface area contributed by atoms with Crippen molar-refractivity contribution >= 4 is 82.8 Å². The van der Waals surface area contributed by atoms with Crippen LogP contribution in [0, 0.1) is 47.3 Å². The van der Waals surface area contributed by atoms with Crippen LogP contribution in [0.5, 0.6) is 0 Å². The zero-order valence-electron chi connectivity index (χ0n) is 63.0. The van der Waals surface area contributed by atoms with Crippen LogP contribution in [0.25, 0.3) is 0 Å². The van der Waals surface area contributed by atoms with Crippen LogP contribution in [0.3, 0.4) is 0 Å². The van der Waals surface area contributed by atoms with Gasteiger partial charge in [-0.05, 0) is 86.9 Å². The first-order valence-electron chi connectivity index (χ1n) is 35.0. The summed E-state index contributed by atoms with van der Waals surface area (Å²) in [6.07, 6.45) is -1.29. The fourth-order valence-corrected chi connectivity index (χ4v) is 11.5. The summed E-state index contributed by atoms with van der Waals surface area (Å²) in [5.41, 5.74) is 0. The fraction of sp³-hybridized carbons (Fsp3) is 0.797. The zero-order valence-corrected chi connectivity index (χ0v) is 63.0. The number of hydrogen-bond acceptors (Lipinski definition) is 16. The van der Waals surface area contributed by atoms with Gasteiger partial charge in [-0.2, -0.15) is 0 Å². The summed E-state index contributed by atoms with van der Waals surface area (Å²) in [5, 5.41) is 24.4. The predicted octanol–water partition coefficient (Wildman–Crippen LogP) is 1.92. The largest absolute Gasteiger partial charge is 0.458 e. The number of nitrogens with zero attached hydrogens (tertiary/aromatic N) is 4. The number of hydrogen-bond donors (Lipinski definition) is 9. The predicted molar refractivity (Wildman–Crippen MR) is 370 cm³/mol. The molecule has 0 saturated carbocycles. The number of methoxy groups -OCH3 is 1. The molecule has 0 aliphatic carbocycles. The summed E-state index contributed by atoms with van der Waals surface area (Å²) >= 11 is 0. The summed E-state index contributed by atoms with van der Waals surface area (Å²) < 4.78 is 11.0. The number of likely N-dealkylation sites (N-methyl/N-ethyl adjacent to an activating group) is 4. The molecule has 0 aromatic carbocycles. The molecule has 0 bridgehead atoms. The summed E-state index contributed by atoms with van der Waals surface area (Å²) in [4.78, 5) is 203. The van der Waals surface area contributed by atoms with E-state index in [-0.39, 0.29) is 88.4 Å². The van der Waals surface area contributed by atoms with Gasteiger partial charge in [-0.25, -0.2) is 4.79 Å². The standard InChI is InChI=1S/C69H123N13O16/c1-24-43(15)56-68(95)81(21)58(42(13)14)64(91)73-45(17)60(87)70-29-26-51(83)74-47(32-37(3)4)65(92)80(20)50(35-40(9)10)69(96)98-46(18)57(78-61(88)49(34-39(7)8)79(19)67(94)55(41(11)12)77-54(86)36-97-23)62(89)71-30-27-52(84)75-48(33-38(5)6)66(93)82(22)59(44(16)25-2)63(90)72-31-28-53(85)76-56/h37-50,55-59H,24-36H2,1-23H3,(H,70,87)(H,71,89)(H,72,90)(H,73,91)(H,74,83)(H,75,84)(H,76,85)(H,77,86)(H,78,88)/t43?,44?,45-,46-,47+,48+,49-,50+,55-,56+,57-,58-,59-/m0/s1. The number of nitrogens with one attached hydrogen (secondary N) is 9. The Bertz CT molecular complexity index is 2690. The van der Waals surface area contributed by atoms with Crippen molar-refractivity contribution in [1.29, 1.82) is 0 Å². The number of carbonyl (C=O) groups excluding carboxylic acids is 14. The zero-order chi connectivity index (χ0) is 75.3. The lowest BCUT2D eigenvalue weighted by atomic mass is 9.95. The monoisotopic (exact) mass is 1390 g/mol. The molecule has 2 unspecified atom stereocenters. The van der Waals surface area contributed by atoms with Crippen LogP contribution in [-0.4, -0.2) is 230 Å². The highest BCUT2D eigenvalue weighted by atomic mass is 16.5. The minimum atomic E-state index is -1.73. The van der Waals surface area contributed by atoms with E-state index < -0.39 is 179 Å². The minimum Gasteiger partial charge on any atom is -0.458 e. The molecule has 9 N–H and O–H groups in total. The van der Waals surface area contributed by atoms with E-state index in [0.29, 0.717) is 12.8 Å². The molecule has 1 heterocycles. The van der Waals surface area contributed by atoms with Crippen LogP contribution >= 0.6 is 0 Å². The molecule has 560 valence electrons. The van der Waals surface area contributed by atoms with Gasteiger partial charge in [-0.3, -0.25) is 62.3 Å². The second-order valence-electron chi connectivity index (χ2n) is 28.7. The van der Waals surface area contributed by atoms with Crippen molar-refractivity contribution in [3.8, 4) is 0 Å². The second kappa shape index (κ2) is 43.2. The van der Waals surface area contributed by atoms with Gasteiger partial charge in [0.2, 0.25) is 76.8 Å². The van der Waals surface area contributed by atoms with E-state index in [0.717, 1.165) is 4.90 Å². The third-order valence-corrected chi connectivity index (χ3v) is 17.5. The van der Waals surface area contributed by atoms with Gasteiger partial charge in [0.15, 0.2) is 0 Å². The summed E-state index contributed by atoms with van der Waals surface area (Å²) in [5.74, 6) is -12.2. The molecule has 1 aliphatic heterocycles. The van der Waals surface area contributed by atoms with Gasteiger partial charge in [0.1, 0.15) is 73.1 Å². The lowest BCUT2D eigenvalue weighted by Gasteiger charge is -2.35. The first kappa shape index (κ1) is 88.6. The van der Waals surface area contributed by atoms with Crippen molar-refractivity contribution < 1.29 is 76.6 Å². The number of amides is 13. The Morgan fingerprint density at radius 2 is 1.03 bits per heavy atom. The van der Waals surface area contributed by atoms with Gasteiger partial charge in [0, 0.05) is 74.2 Å². The Balaban J connectivity index is 4.14. The Labute approximate surface area is 582 Å². The number of cyclic esters (lactones) is 1. The highest BCUT2D eigenvalue weighted by molar-refractivity contribution is 5.97. The SMILES string of the molecule is CCC(C)[C@H]1C(=O)NCCC(=O)N[C@H](C(C)CC)C(=O)N(C)[C@@H](C(C)C)C(=O)N[C@@H](C)C(=O)NCCC(=O)N[C@H](CC(C)C)C(=O)N(C)[C@H](CC(C)C)C(=O)O[C@@H](C)[C@H](NC(=O)[C@H](CC(C)C)N(C)C(=O)[C@@H](NC(=O)COC)C(C)C)C(=O)NCCC(=O)N[C@H](CC(C)C)C(=O)N1C. The maximum atomic E-state index is 14.8. The van der Waals surface area contributed by atoms with E-state index in [1.165, 1.54) is 63.8 Å². The average Bonchev–Trinajstić information content (AvgIpc) is 0.842. The van der Waals surface area contributed by atoms with E-state index in [9.17, 15) is 67.1 Å². The smallest absolute Gasteiger partial charge is 0.329 e. The molecule has 0 aromatic heterocycles. The van der Waals surface area contributed by atoms with E-state index in [1.807, 2.05) is 55.4 Å². The van der Waals surface area contributed by atoms with Gasteiger partial charge in [-0.1, -0.05) is 124 Å². The molecule has 29 nitrogen and oxygen atoms in total. The topological polar surface area (TPSA) is 379 Å². The highest BCUT2D eigenvalue weighted by Gasteiger charge is 2.42. The van der Waals surface area contributed by atoms with Crippen molar-refractivity contribution in [2.45, 2.75) is 249 Å². The van der Waals surface area contributed by atoms with Crippen molar-refractivity contribution in [2.24, 2.45) is 47.3 Å². The molecule has 1 fully saturated rings. The number of carbonyl (C=O) groups is 14. The summed E-state index contributed by atoms with van der Waals surface area (Å²) in [6, 6.07) is -12.2. The first-order valence-corrected chi connectivity index (χ1v) is 35.0. The molecule has 1 aliphatic rings. The van der Waals surface area contributed by atoms with Crippen LogP contribution in [0.1, 0.15) is 182 Å². The maximum absolute atomic E-state index is 14.8. The highest BCUT2D eigenvalue weighted by Crippen LogP contribution is 2.23. The molecule has 29 heteroatoms. The van der Waals surface area contributed by atoms with Crippen molar-refractivity contribution in [2.75, 3.05) is 61.5 Å². The van der Waals surface area contributed by atoms with Gasteiger partial charge < -0.3 is 76.9 Å². The van der Waals surface area contributed by atoms with Crippen LogP contribution < -0.4 is 47.9 Å². The Hall–Kier alpha value is -7.46. The molecular weight excluding hydrogens is 1270 g/mol. The normalized spacial score (nSPS) is 24.6. The van der Waals surface area contributed by atoms with Crippen molar-refractivity contribution in [3.63, 3.8) is 0 Å². The van der Waals surface area contributed by atoms with Crippen molar-refractivity contribution in [1.82, 2.24) is 67.5 Å². The quantitative estimate of drug-likeness (QED) is 0.0742. The Morgan fingerprint density at radius 3 is 1.48 bits per heavy atom. The summed E-state index contributed by atoms with van der Waals surface area (Å²) in [7, 11) is 6.96. The molecular formula is C69H123N13O16. The van der Waals surface area contributed by atoms with E-state index in [1.54, 1.807) is 55.4 Å². The second-order valence-corrected chi connectivity index (χ2v) is 28.7. The van der Waals surface area contributed by atoms with E-state index in [4.69, 9.17) is 9.47 Å². The van der Waals surface area contributed by atoms with Crippen LogP contribution in [0.15, 0.2) is 0 Å². The molecule has 0 spiro atoms. The molecule has 98 heavy (non-hydrogen) atoms. The van der Waals surface area contributed by atoms with Gasteiger partial charge in [0.25, 0.3) is 0 Å². The maximum Gasteiger partial charge on any atom is 0.329 e. The minimum absolute atomic E-state index is 0.0272. The molecule has 13 amide bonds. The average molecular weight is 1390 g/mol. The third kappa shape index (κ3) is 28.8. The Kier molecular flexibility index (Phi) is 39.0. The lowest BCUT2D eigenvalue weighted by Crippen LogP contribution is -2.61. The molecule has 0 radical (unpaired) electrons. The van der Waals surface area contributed by atoms with Crippen LogP contribution in [-0.2, 0) is 76.6 Å². The number of esters is 1.